The van der Waals surface area contributed by atoms with Gasteiger partial charge in [0.1, 0.15) is 23.0 Å². The first-order valence-electron chi connectivity index (χ1n) is 11.8. The average molecular weight is 549 g/mol. The van der Waals surface area contributed by atoms with E-state index < -0.39 is 51.1 Å². The smallest absolute Gasteiger partial charge is 0.397 e. The predicted molar refractivity (Wildman–Crippen MR) is 132 cm³/mol. The van der Waals surface area contributed by atoms with E-state index in [0.717, 1.165) is 19.9 Å². The number of phenols is 1. The summed E-state index contributed by atoms with van der Waals surface area (Å²) in [6.07, 6.45) is -5.67. The molecule has 2 aromatic rings. The molecule has 206 valence electrons. The third-order valence-corrected chi connectivity index (χ3v) is 8.61. The Labute approximate surface area is 213 Å². The first-order valence-corrected chi connectivity index (χ1v) is 13.6. The van der Waals surface area contributed by atoms with Gasteiger partial charge in [-0.15, -0.1) is 0 Å². The van der Waals surface area contributed by atoms with Crippen molar-refractivity contribution in [3.63, 3.8) is 0 Å². The van der Waals surface area contributed by atoms with E-state index in [9.17, 15) is 36.2 Å². The SMILES string of the molecule is CCOc1cc(C[C@@H]2CS(=O)(=O)C[C@H](NCc3cc(C(C)(C)C(F)(F)F)ccc3O)[C@H]2O)cc(F)c1N. The van der Waals surface area contributed by atoms with Gasteiger partial charge in [-0.2, -0.15) is 13.2 Å². The van der Waals surface area contributed by atoms with Crippen molar-refractivity contribution in [1.82, 2.24) is 5.32 Å². The van der Waals surface area contributed by atoms with Crippen LogP contribution >= 0.6 is 0 Å². The van der Waals surface area contributed by atoms with Crippen LogP contribution in [0, 0.1) is 11.7 Å². The molecule has 1 heterocycles. The second kappa shape index (κ2) is 10.7. The Hall–Kier alpha value is -2.57. The molecule has 5 N–H and O–H groups in total. The lowest BCUT2D eigenvalue weighted by Gasteiger charge is -2.35. The molecule has 3 rings (SSSR count). The van der Waals surface area contributed by atoms with Crippen molar-refractivity contribution in [3.8, 4) is 11.5 Å². The summed E-state index contributed by atoms with van der Waals surface area (Å²) in [6.45, 7) is 3.82. The molecule has 2 aromatic carbocycles. The van der Waals surface area contributed by atoms with E-state index in [-0.39, 0.29) is 53.6 Å². The first kappa shape index (κ1) is 29.0. The highest BCUT2D eigenvalue weighted by molar-refractivity contribution is 7.91. The molecule has 1 saturated heterocycles. The van der Waals surface area contributed by atoms with Gasteiger partial charge in [0.25, 0.3) is 0 Å². The predicted octanol–water partition coefficient (Wildman–Crippen LogP) is 3.46. The van der Waals surface area contributed by atoms with E-state index in [4.69, 9.17) is 10.5 Å². The van der Waals surface area contributed by atoms with Crippen LogP contribution in [-0.2, 0) is 28.2 Å². The number of aliphatic hydroxyl groups is 1. The summed E-state index contributed by atoms with van der Waals surface area (Å²) in [7, 11) is -3.62. The number of anilines is 1. The number of hydrogen-bond acceptors (Lipinski definition) is 7. The Bertz CT molecular complexity index is 1230. The molecule has 1 aliphatic heterocycles. The maximum Gasteiger partial charge on any atom is 0.397 e. The third kappa shape index (κ3) is 6.47. The number of phenolic OH excluding ortho intramolecular Hbond substituents is 1. The zero-order chi connectivity index (χ0) is 27.8. The zero-order valence-electron chi connectivity index (χ0n) is 20.8. The van der Waals surface area contributed by atoms with Crippen LogP contribution in [0.4, 0.5) is 23.2 Å². The van der Waals surface area contributed by atoms with Gasteiger partial charge in [-0.25, -0.2) is 12.8 Å². The third-order valence-electron chi connectivity index (χ3n) is 6.81. The van der Waals surface area contributed by atoms with Crippen LogP contribution in [0.1, 0.15) is 37.5 Å². The highest BCUT2D eigenvalue weighted by Crippen LogP contribution is 2.41. The molecular formula is C25H32F4N2O5S. The summed E-state index contributed by atoms with van der Waals surface area (Å²) in [4.78, 5) is 0. The van der Waals surface area contributed by atoms with E-state index >= 15 is 0 Å². The van der Waals surface area contributed by atoms with Crippen LogP contribution in [-0.4, -0.2) is 55.1 Å². The zero-order valence-corrected chi connectivity index (χ0v) is 21.6. The van der Waals surface area contributed by atoms with Gasteiger partial charge in [-0.1, -0.05) is 6.07 Å². The molecule has 37 heavy (non-hydrogen) atoms. The number of alkyl halides is 3. The topological polar surface area (TPSA) is 122 Å². The van der Waals surface area contributed by atoms with E-state index in [1.807, 2.05) is 0 Å². The van der Waals surface area contributed by atoms with Crippen molar-refractivity contribution < 1.29 is 40.9 Å². The molecule has 0 unspecified atom stereocenters. The minimum atomic E-state index is -4.53. The highest BCUT2D eigenvalue weighted by Gasteiger charge is 2.48. The van der Waals surface area contributed by atoms with E-state index in [1.54, 1.807) is 6.92 Å². The van der Waals surface area contributed by atoms with Crippen molar-refractivity contribution in [2.75, 3.05) is 23.8 Å². The number of sulfone groups is 1. The molecule has 7 nitrogen and oxygen atoms in total. The lowest BCUT2D eigenvalue weighted by Crippen LogP contribution is -2.54. The Morgan fingerprint density at radius 3 is 2.46 bits per heavy atom. The largest absolute Gasteiger partial charge is 0.508 e. The first-order chi connectivity index (χ1) is 17.1. The number of hydrogen-bond donors (Lipinski definition) is 4. The molecule has 0 amide bonds. The lowest BCUT2D eigenvalue weighted by atomic mass is 9.83. The molecule has 0 aromatic heterocycles. The minimum absolute atomic E-state index is 0.0242. The second-order valence-corrected chi connectivity index (χ2v) is 12.1. The summed E-state index contributed by atoms with van der Waals surface area (Å²) >= 11 is 0. The fraction of sp³-hybridized carbons (Fsp3) is 0.520. The molecule has 1 fully saturated rings. The number of nitrogens with two attached hydrogens (primary N) is 1. The fourth-order valence-corrected chi connectivity index (χ4v) is 6.38. The van der Waals surface area contributed by atoms with Crippen LogP contribution in [0.3, 0.4) is 0 Å². The van der Waals surface area contributed by atoms with Gasteiger partial charge in [-0.3, -0.25) is 0 Å². The summed E-state index contributed by atoms with van der Waals surface area (Å²) in [5.41, 5.74) is 3.80. The fourth-order valence-electron chi connectivity index (χ4n) is 4.41. The summed E-state index contributed by atoms with van der Waals surface area (Å²) in [5, 5.41) is 24.1. The summed E-state index contributed by atoms with van der Waals surface area (Å²) in [5.74, 6) is -2.39. The van der Waals surface area contributed by atoms with E-state index in [0.29, 0.717) is 5.56 Å². The van der Waals surface area contributed by atoms with Gasteiger partial charge in [-0.05, 0) is 62.6 Å². The number of ether oxygens (including phenoxy) is 1. The standard InChI is InChI=1S/C25H32F4N2O5S/c1-4-36-21-9-14(8-18(26)22(21)30)7-16-12-37(34,35)13-19(23(16)33)31-11-15-10-17(5-6-20(15)32)24(2,3)25(27,28)29/h5-6,8-10,16,19,23,31-33H,4,7,11-13,30H2,1-3H3/t16-,19+,23+/m1/s1. The van der Waals surface area contributed by atoms with Gasteiger partial charge in [0.2, 0.25) is 0 Å². The van der Waals surface area contributed by atoms with Crippen LogP contribution in [0.25, 0.3) is 0 Å². The number of benzene rings is 2. The van der Waals surface area contributed by atoms with Crippen LogP contribution in [0.15, 0.2) is 30.3 Å². The lowest BCUT2D eigenvalue weighted by molar-refractivity contribution is -0.180. The Balaban J connectivity index is 1.80. The van der Waals surface area contributed by atoms with E-state index in [1.165, 1.54) is 24.3 Å². The molecule has 0 aliphatic carbocycles. The molecule has 3 atom stereocenters. The molecule has 0 spiro atoms. The van der Waals surface area contributed by atoms with Gasteiger partial charge >= 0.3 is 6.18 Å². The Morgan fingerprint density at radius 1 is 1.16 bits per heavy atom. The van der Waals surface area contributed by atoms with Gasteiger partial charge in [0.05, 0.1) is 29.6 Å². The number of nitrogens with one attached hydrogen (secondary N) is 1. The van der Waals surface area contributed by atoms with E-state index in [2.05, 4.69) is 5.32 Å². The number of aromatic hydroxyl groups is 1. The van der Waals surface area contributed by atoms with Gasteiger partial charge < -0.3 is 26.0 Å². The van der Waals surface area contributed by atoms with Crippen molar-refractivity contribution >= 4 is 15.5 Å². The molecule has 0 radical (unpaired) electrons. The van der Waals surface area contributed by atoms with Crippen molar-refractivity contribution in [1.29, 1.82) is 0 Å². The van der Waals surface area contributed by atoms with Crippen molar-refractivity contribution in [2.45, 2.75) is 57.5 Å². The maximum atomic E-state index is 14.3. The van der Waals surface area contributed by atoms with Crippen LogP contribution in [0.5, 0.6) is 11.5 Å². The van der Waals surface area contributed by atoms with Crippen LogP contribution in [0.2, 0.25) is 0 Å². The molecule has 1 aliphatic rings. The van der Waals surface area contributed by atoms with Gasteiger partial charge in [0, 0.05) is 24.1 Å². The molecule has 0 bridgehead atoms. The number of nitrogen functional groups attached to an aromatic ring is 1. The summed E-state index contributed by atoms with van der Waals surface area (Å²) in [6, 6.07) is 5.26. The van der Waals surface area contributed by atoms with Crippen LogP contribution < -0.4 is 15.8 Å². The monoisotopic (exact) mass is 548 g/mol. The molecule has 0 saturated carbocycles. The van der Waals surface area contributed by atoms with Crippen molar-refractivity contribution in [2.24, 2.45) is 5.92 Å². The highest BCUT2D eigenvalue weighted by atomic mass is 32.2. The minimum Gasteiger partial charge on any atom is -0.508 e. The van der Waals surface area contributed by atoms with Gasteiger partial charge in [0.15, 0.2) is 9.84 Å². The quantitative estimate of drug-likeness (QED) is 0.295. The normalized spacial score (nSPS) is 22.1. The Kier molecular flexibility index (Phi) is 8.35. The summed E-state index contributed by atoms with van der Waals surface area (Å²) < 4.78 is 85.3. The second-order valence-electron chi connectivity index (χ2n) is 9.91. The van der Waals surface area contributed by atoms with Crippen molar-refractivity contribution in [3.05, 3.63) is 52.8 Å². The average Bonchev–Trinajstić information content (AvgIpc) is 2.78. The number of halogens is 4. The maximum absolute atomic E-state index is 14.3. The Morgan fingerprint density at radius 2 is 1.84 bits per heavy atom. The molecule has 12 heteroatoms. The number of aliphatic hydroxyl groups excluding tert-OH is 1. The molecular weight excluding hydrogens is 516 g/mol. The number of rotatable bonds is 8.